The molecule has 0 unspecified atom stereocenters. The highest BCUT2D eigenvalue weighted by atomic mass is 79.9. The lowest BCUT2D eigenvalue weighted by Gasteiger charge is -1.95. The average molecular weight is 325 g/mol. The highest BCUT2D eigenvalue weighted by Crippen LogP contribution is 2.28. The van der Waals surface area contributed by atoms with E-state index in [0.717, 1.165) is 19.8 Å². The van der Waals surface area contributed by atoms with E-state index in [4.69, 9.17) is 4.52 Å². The summed E-state index contributed by atoms with van der Waals surface area (Å²) in [4.78, 5) is 8.61. The summed E-state index contributed by atoms with van der Waals surface area (Å²) in [5, 5.41) is 7.86. The van der Waals surface area contributed by atoms with Crippen molar-refractivity contribution in [2.75, 3.05) is 5.32 Å². The molecule has 5 nitrogen and oxygen atoms in total. The predicted molar refractivity (Wildman–Crippen MR) is 73.7 cm³/mol. The highest BCUT2D eigenvalue weighted by Gasteiger charge is 2.06. The molecule has 0 aliphatic rings. The van der Waals surface area contributed by atoms with E-state index in [-0.39, 0.29) is 0 Å². The lowest BCUT2D eigenvalue weighted by molar-refractivity contribution is 0.388. The third kappa shape index (κ3) is 2.37. The Kier molecular flexibility index (Phi) is 3.00. The smallest absolute Gasteiger partial charge is 0.223 e. The van der Waals surface area contributed by atoms with E-state index in [9.17, 15) is 0 Å². The Bertz CT molecular complexity index is 693. The maximum Gasteiger partial charge on any atom is 0.223 e. The van der Waals surface area contributed by atoms with E-state index < -0.39 is 0 Å². The van der Waals surface area contributed by atoms with Crippen LogP contribution in [-0.2, 0) is 6.54 Å². The molecule has 0 fully saturated rings. The number of rotatable bonds is 3. The van der Waals surface area contributed by atoms with Crippen LogP contribution in [0.1, 0.15) is 11.7 Å². The summed E-state index contributed by atoms with van der Waals surface area (Å²) in [6, 6.07) is 6.04. The SMILES string of the molecule is Cc1nc(CNc2nc3cc(Br)ccc3s2)no1. The van der Waals surface area contributed by atoms with E-state index in [1.807, 2.05) is 18.2 Å². The fourth-order valence-electron chi connectivity index (χ4n) is 1.54. The number of halogens is 1. The zero-order valence-electron chi connectivity index (χ0n) is 9.48. The Morgan fingerprint density at radius 1 is 1.39 bits per heavy atom. The third-order valence-corrected chi connectivity index (χ3v) is 3.80. The fourth-order valence-corrected chi connectivity index (χ4v) is 2.73. The number of hydrogen-bond donors (Lipinski definition) is 1. The minimum atomic E-state index is 0.512. The number of benzene rings is 1. The largest absolute Gasteiger partial charge is 0.354 e. The lowest BCUT2D eigenvalue weighted by Crippen LogP contribution is -2.00. The Labute approximate surface area is 115 Å². The standard InChI is InChI=1S/C11H9BrN4OS/c1-6-14-10(16-17-6)5-13-11-15-8-4-7(12)2-3-9(8)18-11/h2-4H,5H2,1H3,(H,13,15). The van der Waals surface area contributed by atoms with Crippen molar-refractivity contribution in [1.82, 2.24) is 15.1 Å². The first kappa shape index (κ1) is 11.6. The number of aryl methyl sites for hydroxylation is 1. The maximum absolute atomic E-state index is 4.90. The Morgan fingerprint density at radius 2 is 2.28 bits per heavy atom. The molecule has 7 heteroatoms. The lowest BCUT2D eigenvalue weighted by atomic mass is 10.3. The summed E-state index contributed by atoms with van der Waals surface area (Å²) in [5.41, 5.74) is 0.973. The Hall–Kier alpha value is -1.47. The van der Waals surface area contributed by atoms with Gasteiger partial charge in [-0.1, -0.05) is 32.4 Å². The molecule has 0 bridgehead atoms. The van der Waals surface area contributed by atoms with Crippen LogP contribution in [0.4, 0.5) is 5.13 Å². The minimum absolute atomic E-state index is 0.512. The minimum Gasteiger partial charge on any atom is -0.354 e. The van der Waals surface area contributed by atoms with Crippen molar-refractivity contribution in [1.29, 1.82) is 0 Å². The number of fused-ring (bicyclic) bond motifs is 1. The molecule has 1 aromatic carbocycles. The van der Waals surface area contributed by atoms with Crippen molar-refractivity contribution in [3.05, 3.63) is 34.4 Å². The van der Waals surface area contributed by atoms with Crippen LogP contribution in [0.2, 0.25) is 0 Å². The van der Waals surface area contributed by atoms with Gasteiger partial charge in [0.15, 0.2) is 11.0 Å². The van der Waals surface area contributed by atoms with Gasteiger partial charge in [0.2, 0.25) is 5.89 Å². The molecule has 1 N–H and O–H groups in total. The van der Waals surface area contributed by atoms with Gasteiger partial charge in [-0.05, 0) is 18.2 Å². The summed E-state index contributed by atoms with van der Waals surface area (Å²) in [6.45, 7) is 2.28. The van der Waals surface area contributed by atoms with Crippen molar-refractivity contribution < 1.29 is 4.52 Å². The summed E-state index contributed by atoms with van der Waals surface area (Å²) >= 11 is 5.03. The van der Waals surface area contributed by atoms with Gasteiger partial charge in [-0.3, -0.25) is 0 Å². The summed E-state index contributed by atoms with van der Waals surface area (Å²) in [5.74, 6) is 1.20. The molecule has 3 aromatic rings. The van der Waals surface area contributed by atoms with Crippen molar-refractivity contribution in [2.24, 2.45) is 0 Å². The molecule has 3 rings (SSSR count). The first-order valence-corrected chi connectivity index (χ1v) is 6.91. The molecule has 2 heterocycles. The normalized spacial score (nSPS) is 11.0. The van der Waals surface area contributed by atoms with Gasteiger partial charge in [-0.15, -0.1) is 0 Å². The molecule has 0 saturated carbocycles. The molecule has 0 saturated heterocycles. The quantitative estimate of drug-likeness (QED) is 0.800. The molecule has 18 heavy (non-hydrogen) atoms. The van der Waals surface area contributed by atoms with Gasteiger partial charge in [-0.2, -0.15) is 4.98 Å². The number of nitrogens with one attached hydrogen (secondary N) is 1. The van der Waals surface area contributed by atoms with Crippen molar-refractivity contribution >= 4 is 42.6 Å². The van der Waals surface area contributed by atoms with Crippen molar-refractivity contribution in [2.45, 2.75) is 13.5 Å². The van der Waals surface area contributed by atoms with Crippen LogP contribution >= 0.6 is 27.3 Å². The van der Waals surface area contributed by atoms with E-state index in [0.29, 0.717) is 18.3 Å². The van der Waals surface area contributed by atoms with Gasteiger partial charge in [0.25, 0.3) is 0 Å². The second-order valence-electron chi connectivity index (χ2n) is 3.71. The molecule has 0 amide bonds. The molecule has 0 aliphatic carbocycles. The number of hydrogen-bond acceptors (Lipinski definition) is 6. The first-order valence-electron chi connectivity index (χ1n) is 5.30. The second kappa shape index (κ2) is 4.66. The van der Waals surface area contributed by atoms with Gasteiger partial charge in [0, 0.05) is 11.4 Å². The first-order chi connectivity index (χ1) is 8.70. The van der Waals surface area contributed by atoms with Crippen LogP contribution < -0.4 is 5.32 Å². The van der Waals surface area contributed by atoms with Crippen LogP contribution in [0.3, 0.4) is 0 Å². The number of thiazole rings is 1. The molecular formula is C11H9BrN4OS. The molecule has 2 aromatic heterocycles. The zero-order valence-corrected chi connectivity index (χ0v) is 11.9. The van der Waals surface area contributed by atoms with Crippen LogP contribution in [-0.4, -0.2) is 15.1 Å². The maximum atomic E-state index is 4.90. The molecule has 0 aliphatic heterocycles. The van der Waals surface area contributed by atoms with Gasteiger partial charge < -0.3 is 9.84 Å². The van der Waals surface area contributed by atoms with Gasteiger partial charge in [0.1, 0.15) is 0 Å². The molecule has 0 atom stereocenters. The van der Waals surface area contributed by atoms with Gasteiger partial charge in [0.05, 0.1) is 16.8 Å². The number of nitrogens with zero attached hydrogens (tertiary/aromatic N) is 3. The number of anilines is 1. The molecule has 0 radical (unpaired) electrons. The van der Waals surface area contributed by atoms with Crippen molar-refractivity contribution in [3.8, 4) is 0 Å². The highest BCUT2D eigenvalue weighted by molar-refractivity contribution is 9.10. The third-order valence-electron chi connectivity index (χ3n) is 2.32. The van der Waals surface area contributed by atoms with E-state index in [1.54, 1.807) is 18.3 Å². The van der Waals surface area contributed by atoms with Crippen LogP contribution in [0, 0.1) is 6.92 Å². The zero-order chi connectivity index (χ0) is 12.5. The summed E-state index contributed by atoms with van der Waals surface area (Å²) in [6.07, 6.45) is 0. The van der Waals surface area contributed by atoms with Gasteiger partial charge >= 0.3 is 0 Å². The summed E-state index contributed by atoms with van der Waals surface area (Å²) in [7, 11) is 0. The van der Waals surface area contributed by atoms with Crippen LogP contribution in [0.5, 0.6) is 0 Å². The Morgan fingerprint density at radius 3 is 3.06 bits per heavy atom. The topological polar surface area (TPSA) is 63.8 Å². The van der Waals surface area contributed by atoms with Crippen LogP contribution in [0.25, 0.3) is 10.2 Å². The fraction of sp³-hybridized carbons (Fsp3) is 0.182. The van der Waals surface area contributed by atoms with Crippen molar-refractivity contribution in [3.63, 3.8) is 0 Å². The monoisotopic (exact) mass is 324 g/mol. The summed E-state index contributed by atoms with van der Waals surface area (Å²) < 4.78 is 7.08. The van der Waals surface area contributed by atoms with Gasteiger partial charge in [-0.25, -0.2) is 4.98 Å². The molecule has 0 spiro atoms. The molecule has 92 valence electrons. The second-order valence-corrected chi connectivity index (χ2v) is 5.66. The van der Waals surface area contributed by atoms with E-state index >= 15 is 0 Å². The van der Waals surface area contributed by atoms with E-state index in [2.05, 4.69) is 36.4 Å². The average Bonchev–Trinajstić information content (AvgIpc) is 2.92. The van der Waals surface area contributed by atoms with E-state index in [1.165, 1.54) is 0 Å². The van der Waals surface area contributed by atoms with Crippen LogP contribution in [0.15, 0.2) is 27.2 Å². The number of aromatic nitrogens is 3. The predicted octanol–water partition coefficient (Wildman–Crippen LogP) is 3.36. The molecular weight excluding hydrogens is 316 g/mol. The Balaban J connectivity index is 1.78.